The van der Waals surface area contributed by atoms with Crippen molar-refractivity contribution in [3.05, 3.63) is 34.5 Å². The lowest BCUT2D eigenvalue weighted by atomic mass is 10.2. The van der Waals surface area contributed by atoms with E-state index in [0.29, 0.717) is 5.56 Å². The quantitative estimate of drug-likeness (QED) is 0.757. The number of benzene rings is 1. The van der Waals surface area contributed by atoms with Gasteiger partial charge in [-0.25, -0.2) is 12.8 Å². The molecular formula is C9H7FO3S. The molecule has 1 N–H and O–H groups in total. The Morgan fingerprint density at radius 2 is 2.07 bits per heavy atom. The highest BCUT2D eigenvalue weighted by molar-refractivity contribution is 7.95. The van der Waals surface area contributed by atoms with Crippen molar-refractivity contribution >= 4 is 15.9 Å². The molecule has 0 atom stereocenters. The second-order valence-corrected chi connectivity index (χ2v) is 4.87. The molecule has 2 rings (SSSR count). The van der Waals surface area contributed by atoms with Crippen LogP contribution in [0.25, 0.3) is 6.08 Å². The van der Waals surface area contributed by atoms with Gasteiger partial charge in [0.1, 0.15) is 10.7 Å². The van der Waals surface area contributed by atoms with Gasteiger partial charge in [-0.2, -0.15) is 0 Å². The summed E-state index contributed by atoms with van der Waals surface area (Å²) in [7, 11) is -3.79. The van der Waals surface area contributed by atoms with E-state index in [4.69, 9.17) is 5.11 Å². The van der Waals surface area contributed by atoms with Crippen LogP contribution in [0.5, 0.6) is 0 Å². The van der Waals surface area contributed by atoms with Gasteiger partial charge in [0, 0.05) is 0 Å². The lowest BCUT2D eigenvalue weighted by Crippen LogP contribution is -2.05. The maximum Gasteiger partial charge on any atom is 0.208 e. The van der Waals surface area contributed by atoms with Crippen molar-refractivity contribution in [1.29, 1.82) is 0 Å². The van der Waals surface area contributed by atoms with Crippen LogP contribution in [0, 0.1) is 5.82 Å². The third-order valence-electron chi connectivity index (χ3n) is 2.08. The molecule has 1 aliphatic rings. The van der Waals surface area contributed by atoms with Gasteiger partial charge in [-0.05, 0) is 17.7 Å². The molecule has 1 aromatic carbocycles. The SMILES string of the molecule is O=S1(=O)C(CO)=Cc2cccc(F)c21. The van der Waals surface area contributed by atoms with Crippen molar-refractivity contribution in [3.63, 3.8) is 0 Å². The zero-order valence-corrected chi connectivity index (χ0v) is 7.88. The lowest BCUT2D eigenvalue weighted by Gasteiger charge is -2.01. The van der Waals surface area contributed by atoms with Gasteiger partial charge in [-0.3, -0.25) is 0 Å². The molecule has 5 heteroatoms. The number of halogens is 1. The summed E-state index contributed by atoms with van der Waals surface area (Å²) in [6.45, 7) is -0.601. The Labute approximate surface area is 80.4 Å². The van der Waals surface area contributed by atoms with Gasteiger partial charge < -0.3 is 5.11 Å². The molecule has 0 saturated carbocycles. The molecule has 74 valence electrons. The second-order valence-electron chi connectivity index (χ2n) is 2.93. The van der Waals surface area contributed by atoms with Gasteiger partial charge in [0.15, 0.2) is 0 Å². The second kappa shape index (κ2) is 2.90. The van der Waals surface area contributed by atoms with Crippen molar-refractivity contribution in [3.8, 4) is 0 Å². The van der Waals surface area contributed by atoms with Crippen LogP contribution in [0.1, 0.15) is 5.56 Å². The lowest BCUT2D eigenvalue weighted by molar-refractivity contribution is 0.338. The van der Waals surface area contributed by atoms with Crippen LogP contribution in [0.4, 0.5) is 4.39 Å². The van der Waals surface area contributed by atoms with E-state index in [9.17, 15) is 12.8 Å². The molecule has 0 saturated heterocycles. The Bertz CT molecular complexity index is 517. The zero-order chi connectivity index (χ0) is 10.3. The van der Waals surface area contributed by atoms with Gasteiger partial charge in [-0.1, -0.05) is 12.1 Å². The summed E-state index contributed by atoms with van der Waals surface area (Å²) in [4.78, 5) is -0.485. The molecule has 1 aromatic rings. The molecule has 0 unspecified atom stereocenters. The number of aliphatic hydroxyl groups excluding tert-OH is 1. The van der Waals surface area contributed by atoms with Crippen molar-refractivity contribution in [1.82, 2.24) is 0 Å². The summed E-state index contributed by atoms with van der Waals surface area (Å²) in [6.07, 6.45) is 1.29. The molecule has 0 bridgehead atoms. The average Bonchev–Trinajstić information content (AvgIpc) is 2.38. The van der Waals surface area contributed by atoms with Crippen molar-refractivity contribution < 1.29 is 17.9 Å². The molecule has 14 heavy (non-hydrogen) atoms. The Morgan fingerprint density at radius 3 is 2.64 bits per heavy atom. The van der Waals surface area contributed by atoms with E-state index in [1.807, 2.05) is 0 Å². The number of rotatable bonds is 1. The van der Waals surface area contributed by atoms with Crippen molar-refractivity contribution in [2.24, 2.45) is 0 Å². The Balaban J connectivity index is 2.78. The third kappa shape index (κ3) is 1.09. The number of hydrogen-bond donors (Lipinski definition) is 1. The maximum absolute atomic E-state index is 13.2. The first-order valence-electron chi connectivity index (χ1n) is 3.92. The molecule has 0 aromatic heterocycles. The first kappa shape index (κ1) is 9.36. The van der Waals surface area contributed by atoms with Gasteiger partial charge in [0.2, 0.25) is 9.84 Å². The zero-order valence-electron chi connectivity index (χ0n) is 7.07. The highest BCUT2D eigenvalue weighted by Gasteiger charge is 2.31. The fourth-order valence-corrected chi connectivity index (χ4v) is 2.91. The number of aliphatic hydroxyl groups is 1. The van der Waals surface area contributed by atoms with E-state index >= 15 is 0 Å². The van der Waals surface area contributed by atoms with E-state index in [1.165, 1.54) is 18.2 Å². The topological polar surface area (TPSA) is 54.4 Å². The van der Waals surface area contributed by atoms with Gasteiger partial charge >= 0.3 is 0 Å². The average molecular weight is 214 g/mol. The summed E-state index contributed by atoms with van der Waals surface area (Å²) in [6, 6.07) is 4.02. The van der Waals surface area contributed by atoms with Gasteiger partial charge in [-0.15, -0.1) is 0 Å². The molecule has 3 nitrogen and oxygen atoms in total. The third-order valence-corrected chi connectivity index (χ3v) is 3.99. The van der Waals surface area contributed by atoms with Gasteiger partial charge in [0.25, 0.3) is 0 Å². The van der Waals surface area contributed by atoms with Crippen LogP contribution in [-0.2, 0) is 9.84 Å². The fourth-order valence-electron chi connectivity index (χ4n) is 1.44. The molecular weight excluding hydrogens is 207 g/mol. The van der Waals surface area contributed by atoms with Crippen LogP contribution in [0.15, 0.2) is 28.0 Å². The summed E-state index contributed by atoms with van der Waals surface area (Å²) in [5.74, 6) is -0.776. The standard InChI is InChI=1S/C9H7FO3S/c10-8-3-1-2-6-4-7(5-11)14(12,13)9(6)8/h1-4,11H,5H2. The number of sulfone groups is 1. The highest BCUT2D eigenvalue weighted by atomic mass is 32.2. The predicted molar refractivity (Wildman–Crippen MR) is 48.6 cm³/mol. The Kier molecular flexibility index (Phi) is 1.94. The van der Waals surface area contributed by atoms with Crippen LogP contribution in [-0.4, -0.2) is 20.1 Å². The minimum atomic E-state index is -3.79. The van der Waals surface area contributed by atoms with Crippen LogP contribution in [0.2, 0.25) is 0 Å². The van der Waals surface area contributed by atoms with E-state index in [1.54, 1.807) is 0 Å². The Morgan fingerprint density at radius 1 is 1.36 bits per heavy atom. The molecule has 0 radical (unpaired) electrons. The molecule has 0 fully saturated rings. The summed E-state index contributed by atoms with van der Waals surface area (Å²) in [5.41, 5.74) is 0.300. The molecule has 0 amide bonds. The first-order valence-corrected chi connectivity index (χ1v) is 5.40. The first-order chi connectivity index (χ1) is 6.57. The van der Waals surface area contributed by atoms with E-state index in [-0.39, 0.29) is 9.80 Å². The van der Waals surface area contributed by atoms with Gasteiger partial charge in [0.05, 0.1) is 11.5 Å². The van der Waals surface area contributed by atoms with Crippen LogP contribution >= 0.6 is 0 Å². The van der Waals surface area contributed by atoms with E-state index < -0.39 is 22.3 Å². The van der Waals surface area contributed by atoms with Crippen molar-refractivity contribution in [2.45, 2.75) is 4.90 Å². The molecule has 0 aliphatic carbocycles. The van der Waals surface area contributed by atoms with Crippen LogP contribution < -0.4 is 0 Å². The summed E-state index contributed by atoms with van der Waals surface area (Å²) in [5, 5.41) is 8.79. The predicted octanol–water partition coefficient (Wildman–Crippen LogP) is 0.946. The minimum absolute atomic E-state index is 0.155. The molecule has 1 aliphatic heterocycles. The monoisotopic (exact) mass is 214 g/mol. The highest BCUT2D eigenvalue weighted by Crippen LogP contribution is 2.33. The smallest absolute Gasteiger partial charge is 0.208 e. The largest absolute Gasteiger partial charge is 0.391 e. The normalized spacial score (nSPS) is 17.7. The molecule has 1 heterocycles. The Hall–Kier alpha value is -1.20. The van der Waals surface area contributed by atoms with Crippen LogP contribution in [0.3, 0.4) is 0 Å². The minimum Gasteiger partial charge on any atom is -0.391 e. The van der Waals surface area contributed by atoms with E-state index in [0.717, 1.165) is 6.07 Å². The fraction of sp³-hybridized carbons (Fsp3) is 0.111. The van der Waals surface area contributed by atoms with E-state index in [2.05, 4.69) is 0 Å². The maximum atomic E-state index is 13.2. The molecule has 0 spiro atoms. The number of hydrogen-bond acceptors (Lipinski definition) is 3. The summed E-state index contributed by atoms with van der Waals surface area (Å²) >= 11 is 0. The summed E-state index contributed by atoms with van der Waals surface area (Å²) < 4.78 is 36.3. The number of fused-ring (bicyclic) bond motifs is 1. The van der Waals surface area contributed by atoms with Crippen molar-refractivity contribution in [2.75, 3.05) is 6.61 Å².